The number of ether oxygens (including phenoxy) is 1. The van der Waals surface area contributed by atoms with Gasteiger partial charge in [0.05, 0.1) is 12.6 Å². The highest BCUT2D eigenvalue weighted by Crippen LogP contribution is 2.28. The minimum Gasteiger partial charge on any atom is -0.383 e. The normalized spacial score (nSPS) is 18.0. The van der Waals surface area contributed by atoms with Gasteiger partial charge in [-0.05, 0) is 25.7 Å². The van der Waals surface area contributed by atoms with Crippen LogP contribution in [-0.4, -0.2) is 32.3 Å². The number of carbonyl (C=O) groups is 1. The first-order valence-electron chi connectivity index (χ1n) is 6.75. The molecule has 4 heteroatoms. The van der Waals surface area contributed by atoms with Crippen LogP contribution in [0.4, 0.5) is 4.79 Å². The SMILES string of the molecule is COCC(C)NC(=O)NCCCC1CCCC1. The Hall–Kier alpha value is -0.770. The summed E-state index contributed by atoms with van der Waals surface area (Å²) in [5.74, 6) is 0.910. The van der Waals surface area contributed by atoms with Crippen molar-refractivity contribution in [2.24, 2.45) is 5.92 Å². The van der Waals surface area contributed by atoms with E-state index in [9.17, 15) is 4.79 Å². The summed E-state index contributed by atoms with van der Waals surface area (Å²) in [6.45, 7) is 3.26. The summed E-state index contributed by atoms with van der Waals surface area (Å²) >= 11 is 0. The molecule has 1 atom stereocenters. The number of rotatable bonds is 7. The van der Waals surface area contributed by atoms with Crippen molar-refractivity contribution in [2.45, 2.75) is 51.5 Å². The van der Waals surface area contributed by atoms with Crippen molar-refractivity contribution in [3.05, 3.63) is 0 Å². The van der Waals surface area contributed by atoms with Gasteiger partial charge in [0.25, 0.3) is 0 Å². The maximum absolute atomic E-state index is 11.4. The van der Waals surface area contributed by atoms with Crippen LogP contribution >= 0.6 is 0 Å². The quantitative estimate of drug-likeness (QED) is 0.673. The van der Waals surface area contributed by atoms with E-state index in [-0.39, 0.29) is 12.1 Å². The molecular weight excluding hydrogens is 216 g/mol. The van der Waals surface area contributed by atoms with E-state index in [2.05, 4.69) is 10.6 Å². The van der Waals surface area contributed by atoms with Crippen molar-refractivity contribution in [3.63, 3.8) is 0 Å². The number of hydrogen-bond donors (Lipinski definition) is 2. The molecule has 1 aliphatic rings. The van der Waals surface area contributed by atoms with Gasteiger partial charge in [-0.1, -0.05) is 25.7 Å². The summed E-state index contributed by atoms with van der Waals surface area (Å²) in [5, 5.41) is 5.72. The third kappa shape index (κ3) is 6.51. The third-order valence-electron chi connectivity index (χ3n) is 3.34. The minimum atomic E-state index is -0.0824. The van der Waals surface area contributed by atoms with Crippen LogP contribution in [0.25, 0.3) is 0 Å². The van der Waals surface area contributed by atoms with Crippen LogP contribution in [0.1, 0.15) is 45.4 Å². The first kappa shape index (κ1) is 14.3. The van der Waals surface area contributed by atoms with Gasteiger partial charge in [0, 0.05) is 13.7 Å². The van der Waals surface area contributed by atoms with Gasteiger partial charge >= 0.3 is 6.03 Å². The maximum Gasteiger partial charge on any atom is 0.315 e. The van der Waals surface area contributed by atoms with E-state index in [1.54, 1.807) is 7.11 Å². The third-order valence-corrected chi connectivity index (χ3v) is 3.34. The largest absolute Gasteiger partial charge is 0.383 e. The predicted molar refractivity (Wildman–Crippen MR) is 69.1 cm³/mol. The highest BCUT2D eigenvalue weighted by molar-refractivity contribution is 5.74. The predicted octanol–water partition coefficient (Wildman–Crippen LogP) is 2.29. The van der Waals surface area contributed by atoms with Gasteiger partial charge in [-0.15, -0.1) is 0 Å². The Kier molecular flexibility index (Phi) is 7.01. The number of hydrogen-bond acceptors (Lipinski definition) is 2. The lowest BCUT2D eigenvalue weighted by Crippen LogP contribution is -2.42. The van der Waals surface area contributed by atoms with Crippen molar-refractivity contribution in [2.75, 3.05) is 20.3 Å². The average molecular weight is 242 g/mol. The molecule has 1 saturated carbocycles. The smallest absolute Gasteiger partial charge is 0.315 e. The summed E-state index contributed by atoms with van der Waals surface area (Å²) in [7, 11) is 1.64. The van der Waals surface area contributed by atoms with Crippen LogP contribution in [0.2, 0.25) is 0 Å². The second-order valence-electron chi connectivity index (χ2n) is 5.05. The second-order valence-corrected chi connectivity index (χ2v) is 5.05. The number of nitrogens with one attached hydrogen (secondary N) is 2. The molecule has 0 radical (unpaired) electrons. The fourth-order valence-electron chi connectivity index (χ4n) is 2.46. The first-order chi connectivity index (χ1) is 8.22. The lowest BCUT2D eigenvalue weighted by Gasteiger charge is -2.14. The molecule has 0 bridgehead atoms. The lowest BCUT2D eigenvalue weighted by atomic mass is 10.0. The van der Waals surface area contributed by atoms with Crippen LogP contribution in [-0.2, 0) is 4.74 Å². The zero-order chi connectivity index (χ0) is 12.5. The molecule has 0 aromatic carbocycles. The van der Waals surface area contributed by atoms with Crippen LogP contribution in [0, 0.1) is 5.92 Å². The fourth-order valence-corrected chi connectivity index (χ4v) is 2.46. The van der Waals surface area contributed by atoms with Crippen molar-refractivity contribution in [1.29, 1.82) is 0 Å². The molecule has 1 fully saturated rings. The van der Waals surface area contributed by atoms with E-state index in [1.807, 2.05) is 6.92 Å². The monoisotopic (exact) mass is 242 g/mol. The number of urea groups is 1. The van der Waals surface area contributed by atoms with Crippen molar-refractivity contribution in [1.82, 2.24) is 10.6 Å². The van der Waals surface area contributed by atoms with E-state index in [0.717, 1.165) is 18.9 Å². The molecule has 0 aromatic rings. The number of methoxy groups -OCH3 is 1. The number of carbonyl (C=O) groups excluding carboxylic acids is 1. The summed E-state index contributed by atoms with van der Waals surface area (Å²) in [6.07, 6.45) is 7.92. The van der Waals surface area contributed by atoms with E-state index in [0.29, 0.717) is 6.61 Å². The minimum absolute atomic E-state index is 0.0647. The summed E-state index contributed by atoms with van der Waals surface area (Å²) in [6, 6.07) is -0.0178. The highest BCUT2D eigenvalue weighted by atomic mass is 16.5. The van der Waals surface area contributed by atoms with Crippen LogP contribution in [0.15, 0.2) is 0 Å². The summed E-state index contributed by atoms with van der Waals surface area (Å²) in [4.78, 5) is 11.4. The highest BCUT2D eigenvalue weighted by Gasteiger charge is 2.14. The first-order valence-corrected chi connectivity index (χ1v) is 6.75. The molecule has 2 amide bonds. The Morgan fingerprint density at radius 1 is 1.41 bits per heavy atom. The summed E-state index contributed by atoms with van der Waals surface area (Å²) < 4.78 is 4.96. The van der Waals surface area contributed by atoms with E-state index in [4.69, 9.17) is 4.74 Å². The Morgan fingerprint density at radius 3 is 2.76 bits per heavy atom. The Balaban J connectivity index is 1.95. The molecule has 2 N–H and O–H groups in total. The van der Waals surface area contributed by atoms with Crippen molar-refractivity contribution < 1.29 is 9.53 Å². The molecule has 0 saturated heterocycles. The van der Waals surface area contributed by atoms with Gasteiger partial charge in [0.15, 0.2) is 0 Å². The maximum atomic E-state index is 11.4. The van der Waals surface area contributed by atoms with Gasteiger partial charge < -0.3 is 15.4 Å². The molecule has 0 aromatic heterocycles. The molecule has 1 rings (SSSR count). The van der Waals surface area contributed by atoms with E-state index in [1.165, 1.54) is 32.1 Å². The molecule has 0 aliphatic heterocycles. The Bertz CT molecular complexity index is 215. The molecule has 17 heavy (non-hydrogen) atoms. The van der Waals surface area contributed by atoms with Crippen molar-refractivity contribution >= 4 is 6.03 Å². The molecule has 0 spiro atoms. The molecule has 0 heterocycles. The topological polar surface area (TPSA) is 50.4 Å². The average Bonchev–Trinajstić information content (AvgIpc) is 2.77. The number of amides is 2. The molecule has 4 nitrogen and oxygen atoms in total. The van der Waals surface area contributed by atoms with Gasteiger partial charge in [-0.3, -0.25) is 0 Å². The van der Waals surface area contributed by atoms with Crippen LogP contribution in [0.5, 0.6) is 0 Å². The fraction of sp³-hybridized carbons (Fsp3) is 0.923. The lowest BCUT2D eigenvalue weighted by molar-refractivity contribution is 0.171. The van der Waals surface area contributed by atoms with E-state index >= 15 is 0 Å². The standard InChI is InChI=1S/C13H26N2O2/c1-11(10-17-2)15-13(16)14-9-5-8-12-6-3-4-7-12/h11-12H,3-10H2,1-2H3,(H2,14,15,16). The zero-order valence-electron chi connectivity index (χ0n) is 11.1. The molecular formula is C13H26N2O2. The molecule has 1 aliphatic carbocycles. The van der Waals surface area contributed by atoms with Gasteiger partial charge in [0.1, 0.15) is 0 Å². The van der Waals surface area contributed by atoms with Crippen LogP contribution in [0.3, 0.4) is 0 Å². The van der Waals surface area contributed by atoms with E-state index < -0.39 is 0 Å². The van der Waals surface area contributed by atoms with Gasteiger partial charge in [0.2, 0.25) is 0 Å². The Morgan fingerprint density at radius 2 is 2.12 bits per heavy atom. The van der Waals surface area contributed by atoms with Gasteiger partial charge in [-0.25, -0.2) is 4.79 Å². The molecule has 1 unspecified atom stereocenters. The molecule has 100 valence electrons. The summed E-state index contributed by atoms with van der Waals surface area (Å²) in [5.41, 5.74) is 0. The van der Waals surface area contributed by atoms with Crippen LogP contribution < -0.4 is 10.6 Å². The van der Waals surface area contributed by atoms with Gasteiger partial charge in [-0.2, -0.15) is 0 Å². The zero-order valence-corrected chi connectivity index (χ0v) is 11.1. The Labute approximate surface area is 104 Å². The second kappa shape index (κ2) is 8.34. The van der Waals surface area contributed by atoms with Crippen molar-refractivity contribution in [3.8, 4) is 0 Å².